The Labute approximate surface area is 131 Å². The van der Waals surface area contributed by atoms with Crippen LogP contribution in [0.15, 0.2) is 27.2 Å². The van der Waals surface area contributed by atoms with Crippen LogP contribution in [-0.4, -0.2) is 22.7 Å². The summed E-state index contributed by atoms with van der Waals surface area (Å²) in [6, 6.07) is 5.00. The third-order valence-corrected chi connectivity index (χ3v) is 4.32. The highest BCUT2D eigenvalue weighted by Gasteiger charge is 2.32. The molecular weight excluding hydrogens is 337 g/mol. The summed E-state index contributed by atoms with van der Waals surface area (Å²) in [4.78, 5) is 4.47. The predicted molar refractivity (Wildman–Crippen MR) is 81.4 cm³/mol. The second kappa shape index (κ2) is 6.23. The van der Waals surface area contributed by atoms with Gasteiger partial charge in [0.15, 0.2) is 0 Å². The van der Waals surface area contributed by atoms with Crippen molar-refractivity contribution in [2.45, 2.75) is 38.1 Å². The van der Waals surface area contributed by atoms with Crippen LogP contribution in [0, 0.1) is 5.82 Å². The minimum absolute atomic E-state index is 0.253. The van der Waals surface area contributed by atoms with Crippen LogP contribution in [0.2, 0.25) is 0 Å². The molecule has 1 heterocycles. The van der Waals surface area contributed by atoms with Gasteiger partial charge in [0.25, 0.3) is 0 Å². The molecule has 1 fully saturated rings. The standard InChI is InChI=1S/C15H17BrFN3O/c1-2-18-13-5-3-4-12(13)15-19-14(20-21-15)9-6-10(16)8-11(17)7-9/h6-8,12-13,18H,2-5H2,1H3. The third-order valence-electron chi connectivity index (χ3n) is 3.86. The van der Waals surface area contributed by atoms with E-state index in [2.05, 4.69) is 38.3 Å². The summed E-state index contributed by atoms with van der Waals surface area (Å²) in [6.07, 6.45) is 3.33. The van der Waals surface area contributed by atoms with Crippen LogP contribution in [-0.2, 0) is 0 Å². The number of benzene rings is 1. The second-order valence-electron chi connectivity index (χ2n) is 5.32. The molecule has 0 spiro atoms. The van der Waals surface area contributed by atoms with Gasteiger partial charge in [0.2, 0.25) is 11.7 Å². The Kier molecular flexibility index (Phi) is 4.35. The second-order valence-corrected chi connectivity index (χ2v) is 6.23. The van der Waals surface area contributed by atoms with Crippen molar-refractivity contribution in [3.63, 3.8) is 0 Å². The zero-order valence-electron chi connectivity index (χ0n) is 11.8. The molecule has 0 aliphatic heterocycles. The van der Waals surface area contributed by atoms with E-state index in [0.717, 1.165) is 25.8 Å². The van der Waals surface area contributed by atoms with E-state index < -0.39 is 0 Å². The zero-order chi connectivity index (χ0) is 14.8. The highest BCUT2D eigenvalue weighted by Crippen LogP contribution is 2.34. The normalized spacial score (nSPS) is 21.9. The van der Waals surface area contributed by atoms with Crippen LogP contribution in [0.25, 0.3) is 11.4 Å². The van der Waals surface area contributed by atoms with Crippen molar-refractivity contribution in [1.82, 2.24) is 15.5 Å². The minimum Gasteiger partial charge on any atom is -0.339 e. The fraction of sp³-hybridized carbons (Fsp3) is 0.467. The lowest BCUT2D eigenvalue weighted by Crippen LogP contribution is -2.31. The Morgan fingerprint density at radius 3 is 3.00 bits per heavy atom. The molecule has 1 aromatic carbocycles. The first-order valence-corrected chi connectivity index (χ1v) is 8.00. The summed E-state index contributed by atoms with van der Waals surface area (Å²) in [5, 5.41) is 7.47. The summed E-state index contributed by atoms with van der Waals surface area (Å²) in [5.74, 6) is 1.02. The van der Waals surface area contributed by atoms with Gasteiger partial charge >= 0.3 is 0 Å². The summed E-state index contributed by atoms with van der Waals surface area (Å²) >= 11 is 3.28. The fourth-order valence-corrected chi connectivity index (χ4v) is 3.41. The molecule has 1 aromatic heterocycles. The topological polar surface area (TPSA) is 51.0 Å². The van der Waals surface area contributed by atoms with Crippen LogP contribution in [0.5, 0.6) is 0 Å². The lowest BCUT2D eigenvalue weighted by Gasteiger charge is -2.16. The molecule has 3 rings (SSSR count). The largest absolute Gasteiger partial charge is 0.339 e. The van der Waals surface area contributed by atoms with Gasteiger partial charge in [-0.25, -0.2) is 4.39 Å². The van der Waals surface area contributed by atoms with Gasteiger partial charge in [-0.2, -0.15) is 4.98 Å². The molecule has 0 bridgehead atoms. The molecule has 2 unspecified atom stereocenters. The van der Waals surface area contributed by atoms with E-state index in [1.54, 1.807) is 6.07 Å². The lowest BCUT2D eigenvalue weighted by molar-refractivity contribution is 0.332. The first-order chi connectivity index (χ1) is 10.2. The number of hydrogen-bond acceptors (Lipinski definition) is 4. The van der Waals surface area contributed by atoms with Crippen molar-refractivity contribution in [2.24, 2.45) is 0 Å². The Morgan fingerprint density at radius 1 is 1.38 bits per heavy atom. The van der Waals surface area contributed by atoms with Crippen molar-refractivity contribution in [3.8, 4) is 11.4 Å². The molecule has 2 atom stereocenters. The third kappa shape index (κ3) is 3.16. The SMILES string of the molecule is CCNC1CCCC1c1nc(-c2cc(F)cc(Br)c2)no1. The molecule has 6 heteroatoms. The molecule has 1 saturated carbocycles. The Hall–Kier alpha value is -1.27. The number of likely N-dealkylation sites (N-methyl/N-ethyl adjacent to an activating group) is 1. The fourth-order valence-electron chi connectivity index (χ4n) is 2.95. The smallest absolute Gasteiger partial charge is 0.231 e. The molecule has 21 heavy (non-hydrogen) atoms. The molecule has 1 aliphatic carbocycles. The monoisotopic (exact) mass is 353 g/mol. The Balaban J connectivity index is 1.86. The van der Waals surface area contributed by atoms with E-state index in [-0.39, 0.29) is 11.7 Å². The number of nitrogens with zero attached hydrogens (tertiary/aromatic N) is 2. The van der Waals surface area contributed by atoms with Crippen LogP contribution < -0.4 is 5.32 Å². The highest BCUT2D eigenvalue weighted by molar-refractivity contribution is 9.10. The number of aromatic nitrogens is 2. The zero-order valence-corrected chi connectivity index (χ0v) is 13.4. The molecular formula is C15H17BrFN3O. The van der Waals surface area contributed by atoms with E-state index in [9.17, 15) is 4.39 Å². The van der Waals surface area contributed by atoms with Crippen molar-refractivity contribution in [3.05, 3.63) is 34.4 Å². The first kappa shape index (κ1) is 14.7. The van der Waals surface area contributed by atoms with Gasteiger partial charge in [-0.3, -0.25) is 0 Å². The predicted octanol–water partition coefficient (Wildman–Crippen LogP) is 3.88. The van der Waals surface area contributed by atoms with E-state index in [4.69, 9.17) is 4.52 Å². The average Bonchev–Trinajstić information content (AvgIpc) is 3.06. The van der Waals surface area contributed by atoms with E-state index in [1.807, 2.05) is 0 Å². The van der Waals surface area contributed by atoms with Crippen molar-refractivity contribution < 1.29 is 8.91 Å². The average molecular weight is 354 g/mol. The maximum absolute atomic E-state index is 13.5. The molecule has 1 N–H and O–H groups in total. The van der Waals surface area contributed by atoms with Gasteiger partial charge in [0.1, 0.15) is 5.82 Å². The van der Waals surface area contributed by atoms with Gasteiger partial charge in [-0.1, -0.05) is 34.4 Å². The van der Waals surface area contributed by atoms with Gasteiger partial charge in [0, 0.05) is 16.1 Å². The lowest BCUT2D eigenvalue weighted by atomic mass is 10.0. The number of hydrogen-bond donors (Lipinski definition) is 1. The molecule has 0 amide bonds. The maximum atomic E-state index is 13.5. The summed E-state index contributed by atoms with van der Waals surface area (Å²) in [6.45, 7) is 3.03. The number of nitrogens with one attached hydrogen (secondary N) is 1. The summed E-state index contributed by atoms with van der Waals surface area (Å²) in [7, 11) is 0. The van der Waals surface area contributed by atoms with Crippen LogP contribution in [0.1, 0.15) is 38.0 Å². The van der Waals surface area contributed by atoms with Crippen molar-refractivity contribution >= 4 is 15.9 Å². The van der Waals surface area contributed by atoms with Crippen LogP contribution >= 0.6 is 15.9 Å². The minimum atomic E-state index is -0.322. The van der Waals surface area contributed by atoms with E-state index in [0.29, 0.717) is 27.8 Å². The molecule has 4 nitrogen and oxygen atoms in total. The molecule has 1 aliphatic rings. The molecule has 0 radical (unpaired) electrons. The van der Waals surface area contributed by atoms with Gasteiger partial charge in [-0.05, 0) is 37.6 Å². The van der Waals surface area contributed by atoms with Gasteiger partial charge in [0.05, 0.1) is 5.92 Å². The quantitative estimate of drug-likeness (QED) is 0.905. The number of rotatable bonds is 4. The Morgan fingerprint density at radius 2 is 2.24 bits per heavy atom. The van der Waals surface area contributed by atoms with Gasteiger partial charge in [-0.15, -0.1) is 0 Å². The van der Waals surface area contributed by atoms with Crippen LogP contribution in [0.3, 0.4) is 0 Å². The van der Waals surface area contributed by atoms with Gasteiger partial charge < -0.3 is 9.84 Å². The van der Waals surface area contributed by atoms with Crippen molar-refractivity contribution in [1.29, 1.82) is 0 Å². The number of halogens is 2. The first-order valence-electron chi connectivity index (χ1n) is 7.21. The molecule has 0 saturated heterocycles. The van der Waals surface area contributed by atoms with Crippen LogP contribution in [0.4, 0.5) is 4.39 Å². The molecule has 112 valence electrons. The highest BCUT2D eigenvalue weighted by atomic mass is 79.9. The maximum Gasteiger partial charge on any atom is 0.231 e. The Bertz CT molecular complexity index is 611. The molecule has 2 aromatic rings. The van der Waals surface area contributed by atoms with E-state index in [1.165, 1.54) is 12.1 Å². The van der Waals surface area contributed by atoms with Crippen molar-refractivity contribution in [2.75, 3.05) is 6.54 Å². The van der Waals surface area contributed by atoms with E-state index >= 15 is 0 Å². The summed E-state index contributed by atoms with van der Waals surface area (Å²) < 4.78 is 19.5. The summed E-state index contributed by atoms with van der Waals surface area (Å²) in [5.41, 5.74) is 0.620.